The quantitative estimate of drug-likeness (QED) is 0.722. The van der Waals surface area contributed by atoms with Crippen molar-refractivity contribution in [2.45, 2.75) is 26.2 Å². The Bertz CT molecular complexity index is 839. The molecule has 0 spiro atoms. The van der Waals surface area contributed by atoms with E-state index in [2.05, 4.69) is 30.9 Å². The number of hydrogen-bond acceptors (Lipinski definition) is 4. The van der Waals surface area contributed by atoms with Crippen LogP contribution in [0, 0.1) is 0 Å². The maximum atomic E-state index is 12.8. The van der Waals surface area contributed by atoms with E-state index in [-0.39, 0.29) is 11.3 Å². The van der Waals surface area contributed by atoms with Crippen molar-refractivity contribution in [1.29, 1.82) is 0 Å². The number of benzene rings is 1. The van der Waals surface area contributed by atoms with Gasteiger partial charge in [0.1, 0.15) is 5.69 Å². The van der Waals surface area contributed by atoms with Crippen LogP contribution in [0.2, 0.25) is 0 Å². The minimum atomic E-state index is -0.102. The van der Waals surface area contributed by atoms with Crippen LogP contribution in [-0.4, -0.2) is 27.7 Å². The van der Waals surface area contributed by atoms with E-state index < -0.39 is 0 Å². The fourth-order valence-corrected chi connectivity index (χ4v) is 3.22. The Labute approximate surface area is 139 Å². The van der Waals surface area contributed by atoms with Crippen molar-refractivity contribution in [3.8, 4) is 0 Å². The van der Waals surface area contributed by atoms with Crippen molar-refractivity contribution in [1.82, 2.24) is 14.8 Å². The summed E-state index contributed by atoms with van der Waals surface area (Å²) in [7, 11) is 3.55. The number of nitrogens with zero attached hydrogens (tertiary/aromatic N) is 4. The summed E-state index contributed by atoms with van der Waals surface area (Å²) in [6.45, 7) is 6.25. The van der Waals surface area contributed by atoms with E-state index in [1.54, 1.807) is 23.7 Å². The lowest BCUT2D eigenvalue weighted by atomic mass is 9.92. The Kier molecular flexibility index (Phi) is 3.72. The van der Waals surface area contributed by atoms with Crippen LogP contribution in [0.15, 0.2) is 30.3 Å². The molecule has 1 aromatic carbocycles. The number of rotatable bonds is 2. The standard InChI is InChI=1S/C17H20N4OS/c1-17(2,3)14-10-12(21(5)19-14)15(22)20(4)16-18-11-8-6-7-9-13(11)23-16/h6-10H,1-5H3. The van der Waals surface area contributed by atoms with E-state index in [1.165, 1.54) is 11.3 Å². The van der Waals surface area contributed by atoms with Gasteiger partial charge in [-0.1, -0.05) is 44.2 Å². The lowest BCUT2D eigenvalue weighted by Gasteiger charge is -2.14. The number of aryl methyl sites for hydroxylation is 1. The zero-order chi connectivity index (χ0) is 16.8. The number of amides is 1. The average Bonchev–Trinajstić information content (AvgIpc) is 3.08. The first-order valence-electron chi connectivity index (χ1n) is 7.45. The van der Waals surface area contributed by atoms with E-state index in [0.29, 0.717) is 10.8 Å². The van der Waals surface area contributed by atoms with Crippen molar-refractivity contribution >= 4 is 32.6 Å². The molecule has 23 heavy (non-hydrogen) atoms. The summed E-state index contributed by atoms with van der Waals surface area (Å²) >= 11 is 1.51. The van der Waals surface area contributed by atoms with E-state index in [9.17, 15) is 4.79 Å². The van der Waals surface area contributed by atoms with E-state index >= 15 is 0 Å². The van der Waals surface area contributed by atoms with Crippen LogP contribution in [0.4, 0.5) is 5.13 Å². The van der Waals surface area contributed by atoms with Gasteiger partial charge < -0.3 is 0 Å². The molecule has 120 valence electrons. The highest BCUT2D eigenvalue weighted by Crippen LogP contribution is 2.29. The molecule has 0 saturated heterocycles. The maximum absolute atomic E-state index is 12.8. The highest BCUT2D eigenvalue weighted by molar-refractivity contribution is 7.22. The van der Waals surface area contributed by atoms with Crippen molar-refractivity contribution in [3.05, 3.63) is 41.7 Å². The molecule has 3 aromatic rings. The molecule has 0 aliphatic rings. The largest absolute Gasteiger partial charge is 0.286 e. The van der Waals surface area contributed by atoms with Gasteiger partial charge in [0.25, 0.3) is 5.91 Å². The third-order valence-electron chi connectivity index (χ3n) is 3.74. The number of thiazole rings is 1. The number of fused-ring (bicyclic) bond motifs is 1. The summed E-state index contributed by atoms with van der Waals surface area (Å²) < 4.78 is 2.72. The second-order valence-corrected chi connectivity index (χ2v) is 7.63. The first-order valence-corrected chi connectivity index (χ1v) is 8.27. The number of carbonyl (C=O) groups excluding carboxylic acids is 1. The molecule has 0 atom stereocenters. The van der Waals surface area contributed by atoms with Crippen LogP contribution in [0.5, 0.6) is 0 Å². The van der Waals surface area contributed by atoms with Crippen molar-refractivity contribution < 1.29 is 4.79 Å². The minimum absolute atomic E-state index is 0.0925. The first-order chi connectivity index (χ1) is 10.8. The van der Waals surface area contributed by atoms with E-state index in [0.717, 1.165) is 15.9 Å². The van der Waals surface area contributed by atoms with Gasteiger partial charge in [0.15, 0.2) is 5.13 Å². The van der Waals surface area contributed by atoms with Crippen LogP contribution in [-0.2, 0) is 12.5 Å². The van der Waals surface area contributed by atoms with Crippen molar-refractivity contribution in [3.63, 3.8) is 0 Å². The van der Waals surface area contributed by atoms with Gasteiger partial charge >= 0.3 is 0 Å². The zero-order valence-electron chi connectivity index (χ0n) is 14.0. The molecule has 0 fully saturated rings. The molecule has 0 unspecified atom stereocenters. The van der Waals surface area contributed by atoms with Gasteiger partial charge in [-0.25, -0.2) is 4.98 Å². The number of anilines is 1. The predicted molar refractivity (Wildman–Crippen MR) is 94.3 cm³/mol. The molecule has 0 N–H and O–H groups in total. The summed E-state index contributed by atoms with van der Waals surface area (Å²) in [6.07, 6.45) is 0. The zero-order valence-corrected chi connectivity index (χ0v) is 14.8. The summed E-state index contributed by atoms with van der Waals surface area (Å²) in [5, 5.41) is 5.16. The fourth-order valence-electron chi connectivity index (χ4n) is 2.30. The van der Waals surface area contributed by atoms with Crippen LogP contribution in [0.25, 0.3) is 10.2 Å². The van der Waals surface area contributed by atoms with Crippen LogP contribution < -0.4 is 4.90 Å². The van der Waals surface area contributed by atoms with Gasteiger partial charge in [0.05, 0.1) is 15.9 Å². The Hall–Kier alpha value is -2.21. The van der Waals surface area contributed by atoms with Crippen molar-refractivity contribution in [2.75, 3.05) is 11.9 Å². The maximum Gasteiger partial charge on any atom is 0.278 e. The molecule has 3 rings (SSSR count). The van der Waals surface area contributed by atoms with Gasteiger partial charge in [-0.3, -0.25) is 14.4 Å². The SMILES string of the molecule is CN(C(=O)c1cc(C(C)(C)C)nn1C)c1nc2ccccc2s1. The molecule has 1 amide bonds. The highest BCUT2D eigenvalue weighted by Gasteiger charge is 2.25. The first kappa shape index (κ1) is 15.7. The second kappa shape index (κ2) is 5.45. The fraction of sp³-hybridized carbons (Fsp3) is 0.353. The number of aromatic nitrogens is 3. The summed E-state index contributed by atoms with van der Waals surface area (Å²) in [6, 6.07) is 9.76. The molecule has 2 heterocycles. The Morgan fingerprint density at radius 2 is 1.96 bits per heavy atom. The average molecular weight is 328 g/mol. The van der Waals surface area contributed by atoms with Crippen LogP contribution >= 0.6 is 11.3 Å². The smallest absolute Gasteiger partial charge is 0.278 e. The minimum Gasteiger partial charge on any atom is -0.286 e. The summed E-state index contributed by atoms with van der Waals surface area (Å²) in [4.78, 5) is 18.9. The molecular formula is C17H20N4OS. The molecule has 2 aromatic heterocycles. The summed E-state index contributed by atoms with van der Waals surface area (Å²) in [5.41, 5.74) is 2.29. The highest BCUT2D eigenvalue weighted by atomic mass is 32.1. The molecule has 5 nitrogen and oxygen atoms in total. The molecule has 0 radical (unpaired) electrons. The number of para-hydroxylation sites is 1. The predicted octanol–water partition coefficient (Wildman–Crippen LogP) is 3.60. The number of hydrogen-bond donors (Lipinski definition) is 0. The van der Waals surface area contributed by atoms with E-state index in [4.69, 9.17) is 0 Å². The van der Waals surface area contributed by atoms with Gasteiger partial charge in [-0.2, -0.15) is 5.10 Å². The normalized spacial score (nSPS) is 11.9. The Morgan fingerprint density at radius 3 is 2.57 bits per heavy atom. The molecule has 0 aliphatic heterocycles. The molecule has 0 bridgehead atoms. The summed E-state index contributed by atoms with van der Waals surface area (Å²) in [5.74, 6) is -0.102. The number of carbonyl (C=O) groups is 1. The van der Waals surface area contributed by atoms with Gasteiger partial charge in [0, 0.05) is 19.5 Å². The van der Waals surface area contributed by atoms with Crippen molar-refractivity contribution in [2.24, 2.45) is 7.05 Å². The van der Waals surface area contributed by atoms with Gasteiger partial charge in [-0.15, -0.1) is 0 Å². The Morgan fingerprint density at radius 1 is 1.26 bits per heavy atom. The molecular weight excluding hydrogens is 308 g/mol. The molecule has 0 aliphatic carbocycles. The van der Waals surface area contributed by atoms with Gasteiger partial charge in [0.2, 0.25) is 0 Å². The monoisotopic (exact) mass is 328 g/mol. The molecule has 0 saturated carbocycles. The van der Waals surface area contributed by atoms with Crippen LogP contribution in [0.1, 0.15) is 37.0 Å². The lowest BCUT2D eigenvalue weighted by Crippen LogP contribution is -2.28. The van der Waals surface area contributed by atoms with Crippen LogP contribution in [0.3, 0.4) is 0 Å². The lowest BCUT2D eigenvalue weighted by molar-refractivity contribution is 0.0984. The third-order valence-corrected chi connectivity index (χ3v) is 4.85. The van der Waals surface area contributed by atoms with Gasteiger partial charge in [-0.05, 0) is 18.2 Å². The second-order valence-electron chi connectivity index (χ2n) is 6.62. The molecule has 6 heteroatoms. The topological polar surface area (TPSA) is 51.0 Å². The third kappa shape index (κ3) is 2.86. The van der Waals surface area contributed by atoms with E-state index in [1.807, 2.05) is 30.3 Å². The Balaban J connectivity index is 1.95.